The second-order valence-electron chi connectivity index (χ2n) is 15.4. The Labute approximate surface area is 347 Å². The smallest absolute Gasteiger partial charge is 0.220 e. The minimum absolute atomic E-state index is 0.0859. The lowest BCUT2D eigenvalue weighted by atomic mass is 10.0. The van der Waals surface area contributed by atoms with Crippen LogP contribution in [0.5, 0.6) is 0 Å². The molecule has 320 valence electrons. The molecule has 0 radical (unpaired) electrons. The van der Waals surface area contributed by atoms with Crippen LogP contribution in [0.2, 0.25) is 0 Å². The first-order valence-electron chi connectivity index (χ1n) is 23.5. The number of nitrogens with one attached hydrogen (secondary N) is 1. The van der Waals surface area contributed by atoms with Crippen LogP contribution in [-0.4, -0.2) is 34.9 Å². The summed E-state index contributed by atoms with van der Waals surface area (Å²) in [6, 6.07) is -0.653. The molecule has 4 heteroatoms. The molecule has 0 aromatic carbocycles. The summed E-state index contributed by atoms with van der Waals surface area (Å²) in [5.41, 5.74) is 0. The Morgan fingerprint density at radius 1 is 0.446 bits per heavy atom. The van der Waals surface area contributed by atoms with Gasteiger partial charge in [-0.25, -0.2) is 0 Å². The van der Waals surface area contributed by atoms with Gasteiger partial charge in [0.25, 0.3) is 0 Å². The number of hydrogen-bond acceptors (Lipinski definition) is 3. The Bertz CT molecular complexity index is 1060. The average molecular weight is 776 g/mol. The topological polar surface area (TPSA) is 69.6 Å². The maximum Gasteiger partial charge on any atom is 0.220 e. The van der Waals surface area contributed by atoms with Gasteiger partial charge >= 0.3 is 0 Å². The highest BCUT2D eigenvalue weighted by Gasteiger charge is 2.17. The number of carbonyl (C=O) groups is 1. The lowest BCUT2D eigenvalue weighted by Crippen LogP contribution is -2.45. The van der Waals surface area contributed by atoms with E-state index in [0.717, 1.165) is 70.6 Å². The zero-order chi connectivity index (χ0) is 40.7. The quantitative estimate of drug-likeness (QED) is 0.0428. The lowest BCUT2D eigenvalue weighted by Gasteiger charge is -2.19. The number of unbranched alkanes of at least 4 members (excludes halogenated alkanes) is 20. The largest absolute Gasteiger partial charge is 0.394 e. The molecule has 0 aliphatic carbocycles. The predicted octanol–water partition coefficient (Wildman–Crippen LogP) is 15.0. The summed E-state index contributed by atoms with van der Waals surface area (Å²) >= 11 is 0. The van der Waals surface area contributed by atoms with Crippen LogP contribution in [0.25, 0.3) is 0 Å². The second-order valence-corrected chi connectivity index (χ2v) is 15.4. The van der Waals surface area contributed by atoms with Crippen LogP contribution < -0.4 is 5.32 Å². The molecule has 0 aliphatic heterocycles. The SMILES string of the molecule is CC/C=C\C/C=C\C/C=C\C/C=C\C/C=C\CCCCCCCCCCCCCC(=O)NC(CO)C(O)/C=C/CC/C=C/CC/C=C/CCCCCCCCC. The van der Waals surface area contributed by atoms with E-state index >= 15 is 0 Å². The molecule has 2 unspecified atom stereocenters. The molecule has 3 N–H and O–H groups in total. The van der Waals surface area contributed by atoms with Gasteiger partial charge in [-0.3, -0.25) is 4.79 Å². The molecule has 1 amide bonds. The number of aliphatic hydroxyl groups is 2. The van der Waals surface area contributed by atoms with Gasteiger partial charge in [-0.1, -0.05) is 207 Å². The number of aliphatic hydroxyl groups excluding tert-OH is 2. The van der Waals surface area contributed by atoms with Crippen LogP contribution in [0.4, 0.5) is 0 Å². The van der Waals surface area contributed by atoms with Crippen molar-refractivity contribution in [1.29, 1.82) is 0 Å². The molecule has 0 saturated heterocycles. The fourth-order valence-corrected chi connectivity index (χ4v) is 6.47. The zero-order valence-corrected chi connectivity index (χ0v) is 36.6. The van der Waals surface area contributed by atoms with Crippen molar-refractivity contribution in [2.75, 3.05) is 6.61 Å². The molecule has 0 fully saturated rings. The maximum atomic E-state index is 12.4. The number of carbonyl (C=O) groups excluding carboxylic acids is 1. The van der Waals surface area contributed by atoms with Crippen molar-refractivity contribution in [3.63, 3.8) is 0 Å². The monoisotopic (exact) mass is 776 g/mol. The first-order chi connectivity index (χ1) is 27.7. The molecule has 0 aromatic heterocycles. The van der Waals surface area contributed by atoms with E-state index in [4.69, 9.17) is 0 Å². The van der Waals surface area contributed by atoms with Gasteiger partial charge in [0.2, 0.25) is 5.91 Å². The van der Waals surface area contributed by atoms with Crippen LogP contribution in [0.3, 0.4) is 0 Å². The van der Waals surface area contributed by atoms with Crippen molar-refractivity contribution < 1.29 is 15.0 Å². The number of allylic oxidation sites excluding steroid dienone is 15. The van der Waals surface area contributed by atoms with E-state index in [2.05, 4.69) is 104 Å². The van der Waals surface area contributed by atoms with Crippen molar-refractivity contribution in [2.24, 2.45) is 0 Å². The van der Waals surface area contributed by atoms with E-state index in [1.165, 1.54) is 116 Å². The molecule has 2 atom stereocenters. The molecule has 0 aliphatic rings. The average Bonchev–Trinajstić information content (AvgIpc) is 3.20. The molecule has 56 heavy (non-hydrogen) atoms. The van der Waals surface area contributed by atoms with Crippen LogP contribution in [-0.2, 0) is 4.79 Å². The van der Waals surface area contributed by atoms with Gasteiger partial charge in [-0.15, -0.1) is 0 Å². The molecule has 4 nitrogen and oxygen atoms in total. The van der Waals surface area contributed by atoms with Crippen LogP contribution in [0.15, 0.2) is 97.2 Å². The zero-order valence-electron chi connectivity index (χ0n) is 36.6. The van der Waals surface area contributed by atoms with Crippen molar-refractivity contribution in [3.8, 4) is 0 Å². The van der Waals surface area contributed by atoms with E-state index in [9.17, 15) is 15.0 Å². The fourth-order valence-electron chi connectivity index (χ4n) is 6.47. The standard InChI is InChI=1S/C52H89NO3/c1-3-5-7-9-11-13-15-17-19-21-22-23-24-25-26-27-28-29-30-32-34-36-38-40-42-44-46-48-52(56)53-50(49-54)51(55)47-45-43-41-39-37-35-33-31-20-18-16-14-12-10-8-6-4-2/h5,7,11,13,17,19-20,22-23,25-26,31,37,39,45,47,50-51,54-55H,3-4,6,8-10,12,14-16,18,21,24,27-30,32-36,38,40-44,46,48-49H2,1-2H3,(H,53,56)/b7-5-,13-11-,19-17-,23-22-,26-25-,31-20+,39-37+,47-45+. The summed E-state index contributed by atoms with van der Waals surface area (Å²) in [4.78, 5) is 12.4. The van der Waals surface area contributed by atoms with E-state index < -0.39 is 12.1 Å². The third-order valence-corrected chi connectivity index (χ3v) is 10.0. The van der Waals surface area contributed by atoms with Gasteiger partial charge in [0.05, 0.1) is 18.8 Å². The van der Waals surface area contributed by atoms with Crippen LogP contribution in [0, 0.1) is 0 Å². The first kappa shape index (κ1) is 53.3. The number of hydrogen-bond donors (Lipinski definition) is 3. The third-order valence-electron chi connectivity index (χ3n) is 10.0. The van der Waals surface area contributed by atoms with Crippen LogP contribution in [0.1, 0.15) is 206 Å². The summed E-state index contributed by atoms with van der Waals surface area (Å²) in [7, 11) is 0. The first-order valence-corrected chi connectivity index (χ1v) is 23.5. The summed E-state index contributed by atoms with van der Waals surface area (Å²) in [5.74, 6) is -0.0859. The van der Waals surface area contributed by atoms with Crippen molar-refractivity contribution in [1.82, 2.24) is 5.32 Å². The van der Waals surface area contributed by atoms with Crippen molar-refractivity contribution in [3.05, 3.63) is 97.2 Å². The number of rotatable bonds is 41. The second kappa shape index (κ2) is 46.7. The Balaban J connectivity index is 3.64. The van der Waals surface area contributed by atoms with E-state index in [-0.39, 0.29) is 12.5 Å². The summed E-state index contributed by atoms with van der Waals surface area (Å²) < 4.78 is 0. The van der Waals surface area contributed by atoms with Gasteiger partial charge in [0, 0.05) is 6.42 Å². The highest BCUT2D eigenvalue weighted by molar-refractivity contribution is 5.76. The minimum atomic E-state index is -0.877. The summed E-state index contributed by atoms with van der Waals surface area (Å²) in [6.45, 7) is 4.16. The molecular weight excluding hydrogens is 687 g/mol. The Hall–Kier alpha value is -2.69. The summed E-state index contributed by atoms with van der Waals surface area (Å²) in [5, 5.41) is 23.0. The van der Waals surface area contributed by atoms with Gasteiger partial charge in [-0.05, 0) is 89.9 Å². The third kappa shape index (κ3) is 42.5. The van der Waals surface area contributed by atoms with E-state index in [1.54, 1.807) is 6.08 Å². The Morgan fingerprint density at radius 2 is 0.804 bits per heavy atom. The highest BCUT2D eigenvalue weighted by Crippen LogP contribution is 2.13. The molecule has 0 saturated carbocycles. The fraction of sp³-hybridized carbons (Fsp3) is 0.673. The molecule has 0 bridgehead atoms. The van der Waals surface area contributed by atoms with Gasteiger partial charge in [-0.2, -0.15) is 0 Å². The van der Waals surface area contributed by atoms with Crippen LogP contribution >= 0.6 is 0 Å². The lowest BCUT2D eigenvalue weighted by molar-refractivity contribution is -0.123. The molecular formula is C52H89NO3. The normalized spacial score (nSPS) is 13.9. The maximum absolute atomic E-state index is 12.4. The molecule has 0 heterocycles. The Morgan fingerprint density at radius 3 is 1.25 bits per heavy atom. The van der Waals surface area contributed by atoms with E-state index in [1.807, 2.05) is 6.08 Å². The minimum Gasteiger partial charge on any atom is -0.394 e. The summed E-state index contributed by atoms with van der Waals surface area (Å²) in [6.07, 6.45) is 69.5. The molecule has 0 rings (SSSR count). The predicted molar refractivity (Wildman–Crippen MR) is 248 cm³/mol. The van der Waals surface area contributed by atoms with Crippen molar-refractivity contribution in [2.45, 2.75) is 219 Å². The Kier molecular flexibility index (Phi) is 44.4. The van der Waals surface area contributed by atoms with Crippen molar-refractivity contribution >= 4 is 5.91 Å². The molecule has 0 spiro atoms. The van der Waals surface area contributed by atoms with E-state index in [0.29, 0.717) is 6.42 Å². The molecule has 0 aromatic rings. The van der Waals surface area contributed by atoms with Gasteiger partial charge in [0.15, 0.2) is 0 Å². The highest BCUT2D eigenvalue weighted by atomic mass is 16.3. The number of amides is 1. The van der Waals surface area contributed by atoms with Gasteiger partial charge in [0.1, 0.15) is 0 Å². The van der Waals surface area contributed by atoms with Gasteiger partial charge < -0.3 is 15.5 Å².